The summed E-state index contributed by atoms with van der Waals surface area (Å²) < 4.78 is 13.9. The number of halogens is 1. The van der Waals surface area contributed by atoms with Gasteiger partial charge in [-0.1, -0.05) is 12.8 Å². The summed E-state index contributed by atoms with van der Waals surface area (Å²) >= 11 is 0. The summed E-state index contributed by atoms with van der Waals surface area (Å²) in [5, 5.41) is 0. The standard InChI is InChI=1S/C15H20FN3O2/c16-13-7-6-11(15(21)18-17)9-12(13)10-19-8-4-2-1-3-5-14(19)20/h6-7,9H,1-5,8,10,17H2,(H,18,21). The largest absolute Gasteiger partial charge is 0.338 e. The van der Waals surface area contributed by atoms with Gasteiger partial charge < -0.3 is 4.90 Å². The maximum atomic E-state index is 13.9. The highest BCUT2D eigenvalue weighted by molar-refractivity contribution is 5.93. The maximum absolute atomic E-state index is 13.9. The van der Waals surface area contributed by atoms with E-state index in [0.29, 0.717) is 18.5 Å². The second kappa shape index (κ2) is 7.17. The minimum atomic E-state index is -0.477. The molecule has 0 saturated carbocycles. The first-order valence-corrected chi connectivity index (χ1v) is 7.19. The van der Waals surface area contributed by atoms with E-state index in [4.69, 9.17) is 5.84 Å². The number of rotatable bonds is 3. The minimum absolute atomic E-state index is 0.0442. The molecule has 6 heteroatoms. The molecule has 1 aliphatic heterocycles. The number of hydrogen-bond donors (Lipinski definition) is 2. The summed E-state index contributed by atoms with van der Waals surface area (Å²) in [6.07, 6.45) is 4.47. The molecule has 2 rings (SSSR count). The summed E-state index contributed by atoms with van der Waals surface area (Å²) in [6.45, 7) is 0.821. The smallest absolute Gasteiger partial charge is 0.265 e. The van der Waals surface area contributed by atoms with E-state index in [9.17, 15) is 14.0 Å². The number of nitrogens with two attached hydrogens (primary N) is 1. The molecule has 1 aromatic rings. The van der Waals surface area contributed by atoms with Gasteiger partial charge in [-0.3, -0.25) is 15.0 Å². The van der Waals surface area contributed by atoms with E-state index in [1.165, 1.54) is 18.2 Å². The van der Waals surface area contributed by atoms with Crippen molar-refractivity contribution in [1.29, 1.82) is 0 Å². The third kappa shape index (κ3) is 4.01. The topological polar surface area (TPSA) is 75.4 Å². The number of likely N-dealkylation sites (tertiary alicyclic amines) is 1. The second-order valence-electron chi connectivity index (χ2n) is 5.26. The van der Waals surface area contributed by atoms with Gasteiger partial charge >= 0.3 is 0 Å². The fraction of sp³-hybridized carbons (Fsp3) is 0.467. The lowest BCUT2D eigenvalue weighted by Gasteiger charge is -2.25. The van der Waals surface area contributed by atoms with Crippen LogP contribution in [0.2, 0.25) is 0 Å². The van der Waals surface area contributed by atoms with Crippen molar-refractivity contribution >= 4 is 11.8 Å². The van der Waals surface area contributed by atoms with Crippen LogP contribution in [0.1, 0.15) is 48.0 Å². The van der Waals surface area contributed by atoms with E-state index in [-0.39, 0.29) is 18.0 Å². The molecule has 3 N–H and O–H groups in total. The highest BCUT2D eigenvalue weighted by Crippen LogP contribution is 2.17. The zero-order valence-corrected chi connectivity index (χ0v) is 11.9. The lowest BCUT2D eigenvalue weighted by atomic mass is 10.1. The van der Waals surface area contributed by atoms with Crippen molar-refractivity contribution in [1.82, 2.24) is 10.3 Å². The van der Waals surface area contributed by atoms with Crippen molar-refractivity contribution < 1.29 is 14.0 Å². The third-order valence-electron chi connectivity index (χ3n) is 3.72. The van der Waals surface area contributed by atoms with Crippen LogP contribution in [0.4, 0.5) is 4.39 Å². The van der Waals surface area contributed by atoms with Crippen LogP contribution in [-0.2, 0) is 11.3 Å². The van der Waals surface area contributed by atoms with Gasteiger partial charge in [0.1, 0.15) is 5.82 Å². The van der Waals surface area contributed by atoms with Gasteiger partial charge in [-0.15, -0.1) is 0 Å². The minimum Gasteiger partial charge on any atom is -0.338 e. The Balaban J connectivity index is 2.16. The van der Waals surface area contributed by atoms with Gasteiger partial charge in [0, 0.05) is 30.6 Å². The quantitative estimate of drug-likeness (QED) is 0.506. The molecule has 1 saturated heterocycles. The number of nitrogens with zero attached hydrogens (tertiary/aromatic N) is 1. The third-order valence-corrected chi connectivity index (χ3v) is 3.72. The first-order chi connectivity index (χ1) is 10.1. The zero-order chi connectivity index (χ0) is 15.2. The van der Waals surface area contributed by atoms with Gasteiger partial charge in [0.15, 0.2) is 0 Å². The highest BCUT2D eigenvalue weighted by atomic mass is 19.1. The molecule has 0 atom stereocenters. The number of benzene rings is 1. The van der Waals surface area contributed by atoms with Gasteiger partial charge in [0.05, 0.1) is 0 Å². The Hall–Kier alpha value is -1.95. The Labute approximate surface area is 123 Å². The van der Waals surface area contributed by atoms with Gasteiger partial charge in [-0.2, -0.15) is 0 Å². The molecule has 21 heavy (non-hydrogen) atoms. The number of nitrogens with one attached hydrogen (secondary N) is 1. The van der Waals surface area contributed by atoms with E-state index >= 15 is 0 Å². The molecule has 5 nitrogen and oxygen atoms in total. The summed E-state index contributed by atoms with van der Waals surface area (Å²) in [4.78, 5) is 25.2. The Kier molecular flexibility index (Phi) is 5.27. The van der Waals surface area contributed by atoms with Crippen molar-refractivity contribution in [3.63, 3.8) is 0 Å². The number of hydrazine groups is 1. The fourth-order valence-corrected chi connectivity index (χ4v) is 2.51. The van der Waals surface area contributed by atoms with Crippen LogP contribution >= 0.6 is 0 Å². The van der Waals surface area contributed by atoms with Crippen LogP contribution in [0, 0.1) is 5.82 Å². The Morgan fingerprint density at radius 3 is 2.81 bits per heavy atom. The molecular formula is C15H20FN3O2. The first-order valence-electron chi connectivity index (χ1n) is 7.19. The fourth-order valence-electron chi connectivity index (χ4n) is 2.51. The summed E-state index contributed by atoms with van der Waals surface area (Å²) in [7, 11) is 0. The summed E-state index contributed by atoms with van der Waals surface area (Å²) in [5.41, 5.74) is 2.64. The number of amides is 2. The van der Waals surface area contributed by atoms with E-state index < -0.39 is 11.7 Å². The van der Waals surface area contributed by atoms with Crippen LogP contribution in [0.25, 0.3) is 0 Å². The number of carbonyl (C=O) groups is 2. The zero-order valence-electron chi connectivity index (χ0n) is 11.9. The van der Waals surface area contributed by atoms with Crippen molar-refractivity contribution in [2.45, 2.75) is 38.6 Å². The van der Waals surface area contributed by atoms with Crippen LogP contribution in [0.15, 0.2) is 18.2 Å². The number of nitrogen functional groups attached to an aromatic ring is 1. The highest BCUT2D eigenvalue weighted by Gasteiger charge is 2.18. The van der Waals surface area contributed by atoms with Crippen molar-refractivity contribution in [2.75, 3.05) is 6.54 Å². The van der Waals surface area contributed by atoms with Crippen LogP contribution in [0.3, 0.4) is 0 Å². The van der Waals surface area contributed by atoms with E-state index in [1.807, 2.05) is 5.43 Å². The number of hydrogen-bond acceptors (Lipinski definition) is 3. The average Bonchev–Trinajstić information content (AvgIpc) is 2.48. The Bertz CT molecular complexity index is 534. The normalized spacial score (nSPS) is 16.3. The predicted molar refractivity (Wildman–Crippen MR) is 76.6 cm³/mol. The van der Waals surface area contributed by atoms with E-state index in [1.54, 1.807) is 4.90 Å². The van der Waals surface area contributed by atoms with Crippen molar-refractivity contribution in [3.05, 3.63) is 35.1 Å². The molecule has 0 bridgehead atoms. The molecule has 0 aromatic heterocycles. The molecular weight excluding hydrogens is 273 g/mol. The molecule has 0 radical (unpaired) electrons. The monoisotopic (exact) mass is 293 g/mol. The molecule has 1 aromatic carbocycles. The molecule has 2 amide bonds. The first kappa shape index (κ1) is 15.4. The summed E-state index contributed by atoms with van der Waals surface area (Å²) in [5.74, 6) is 4.23. The van der Waals surface area contributed by atoms with Gasteiger partial charge in [-0.05, 0) is 31.0 Å². The molecule has 0 unspecified atom stereocenters. The SMILES string of the molecule is NNC(=O)c1ccc(F)c(CN2CCCCCCC2=O)c1. The van der Waals surface area contributed by atoms with Gasteiger partial charge in [0.2, 0.25) is 5.91 Å². The maximum Gasteiger partial charge on any atom is 0.265 e. The van der Waals surface area contributed by atoms with Gasteiger partial charge in [0.25, 0.3) is 5.91 Å². The second-order valence-corrected chi connectivity index (χ2v) is 5.26. The molecule has 1 aliphatic rings. The molecule has 1 heterocycles. The van der Waals surface area contributed by atoms with Crippen LogP contribution < -0.4 is 11.3 Å². The van der Waals surface area contributed by atoms with Gasteiger partial charge in [-0.25, -0.2) is 10.2 Å². The van der Waals surface area contributed by atoms with Crippen LogP contribution in [-0.4, -0.2) is 23.3 Å². The van der Waals surface area contributed by atoms with Crippen molar-refractivity contribution in [3.8, 4) is 0 Å². The van der Waals surface area contributed by atoms with E-state index in [0.717, 1.165) is 25.7 Å². The lowest BCUT2D eigenvalue weighted by molar-refractivity contribution is -0.132. The van der Waals surface area contributed by atoms with Crippen LogP contribution in [0.5, 0.6) is 0 Å². The summed E-state index contributed by atoms with van der Waals surface area (Å²) in [6, 6.07) is 4.05. The number of carbonyl (C=O) groups excluding carboxylic acids is 2. The molecule has 114 valence electrons. The molecule has 0 aliphatic carbocycles. The van der Waals surface area contributed by atoms with Crippen molar-refractivity contribution in [2.24, 2.45) is 5.84 Å². The molecule has 1 fully saturated rings. The Morgan fingerprint density at radius 2 is 2.05 bits per heavy atom. The predicted octanol–water partition coefficient (Wildman–Crippen LogP) is 1.72. The molecule has 0 spiro atoms. The lowest BCUT2D eigenvalue weighted by Crippen LogP contribution is -2.33. The Morgan fingerprint density at radius 1 is 1.29 bits per heavy atom. The van der Waals surface area contributed by atoms with E-state index in [2.05, 4.69) is 0 Å². The average molecular weight is 293 g/mol.